The van der Waals surface area contributed by atoms with Gasteiger partial charge in [0.1, 0.15) is 12.0 Å². The molecule has 7 nitrogen and oxygen atoms in total. The van der Waals surface area contributed by atoms with Crippen LogP contribution in [0.5, 0.6) is 11.5 Å². The van der Waals surface area contributed by atoms with Gasteiger partial charge in [-0.25, -0.2) is 4.39 Å². The molecule has 8 heteroatoms. The van der Waals surface area contributed by atoms with Crippen molar-refractivity contribution in [2.45, 2.75) is 83.8 Å². The van der Waals surface area contributed by atoms with Crippen molar-refractivity contribution >= 4 is 18.1 Å². The first-order valence-electron chi connectivity index (χ1n) is 14.4. The molecule has 2 amide bonds. The monoisotopic (exact) mass is 540 g/mol. The molecule has 0 saturated heterocycles. The molecule has 0 unspecified atom stereocenters. The van der Waals surface area contributed by atoms with E-state index in [1.807, 2.05) is 6.92 Å². The quantitative estimate of drug-likeness (QED) is 0.341. The Hall–Kier alpha value is -2.90. The normalized spacial score (nSPS) is 32.6. The first-order valence-corrected chi connectivity index (χ1v) is 14.4. The van der Waals surface area contributed by atoms with Crippen LogP contribution in [0, 0.1) is 34.4 Å². The number of aldehydes is 1. The third kappa shape index (κ3) is 5.71. The van der Waals surface area contributed by atoms with Crippen molar-refractivity contribution in [3.8, 4) is 11.5 Å². The molecule has 0 heterocycles. The smallest absolute Gasteiger partial charge is 0.255 e. The SMILES string of the molecule is COc1cc(F)c(OC2CCC(C)(C=O)CC2)cc1C(=O)N[C@@H]1[C@H](C(=O)NCC2(C)CCC2)[C@@H]2C=C[C@H]1CC2. The Morgan fingerprint density at radius 2 is 1.72 bits per heavy atom. The second kappa shape index (κ2) is 10.9. The number of halogens is 1. The Morgan fingerprint density at radius 3 is 2.31 bits per heavy atom. The number of hydrogen-bond acceptors (Lipinski definition) is 5. The van der Waals surface area contributed by atoms with E-state index in [-0.39, 0.29) is 63.7 Å². The van der Waals surface area contributed by atoms with Crippen LogP contribution in [0.1, 0.15) is 82.0 Å². The zero-order valence-corrected chi connectivity index (χ0v) is 23.3. The van der Waals surface area contributed by atoms with E-state index in [1.165, 1.54) is 25.7 Å². The number of fused-ring (bicyclic) bond motifs is 2. The van der Waals surface area contributed by atoms with Crippen molar-refractivity contribution in [2.24, 2.45) is 28.6 Å². The maximum Gasteiger partial charge on any atom is 0.255 e. The number of carbonyl (C=O) groups excluding carboxylic acids is 3. The summed E-state index contributed by atoms with van der Waals surface area (Å²) in [6, 6.07) is 2.23. The van der Waals surface area contributed by atoms with E-state index in [0.717, 1.165) is 32.0 Å². The number of nitrogens with one attached hydrogen (secondary N) is 2. The molecule has 5 aliphatic carbocycles. The molecule has 3 saturated carbocycles. The lowest BCUT2D eigenvalue weighted by molar-refractivity contribution is -0.129. The Labute approximate surface area is 230 Å². The molecule has 0 aromatic heterocycles. The van der Waals surface area contributed by atoms with Crippen LogP contribution in [0.25, 0.3) is 0 Å². The van der Waals surface area contributed by atoms with Gasteiger partial charge in [0.25, 0.3) is 5.91 Å². The minimum Gasteiger partial charge on any atom is -0.496 e. The van der Waals surface area contributed by atoms with Gasteiger partial charge in [-0.3, -0.25) is 9.59 Å². The van der Waals surface area contributed by atoms with Gasteiger partial charge in [0.15, 0.2) is 11.6 Å². The number of ether oxygens (including phenoxy) is 2. The summed E-state index contributed by atoms with van der Waals surface area (Å²) in [5.74, 6) is -1.13. The number of rotatable bonds is 9. The number of methoxy groups -OCH3 is 1. The topological polar surface area (TPSA) is 93.7 Å². The van der Waals surface area contributed by atoms with Crippen molar-refractivity contribution in [3.63, 3.8) is 0 Å². The first kappa shape index (κ1) is 27.7. The Bertz CT molecular complexity index is 1140. The summed E-state index contributed by atoms with van der Waals surface area (Å²) in [7, 11) is 1.40. The Morgan fingerprint density at radius 1 is 1.03 bits per heavy atom. The molecule has 0 aliphatic heterocycles. The molecule has 39 heavy (non-hydrogen) atoms. The van der Waals surface area contributed by atoms with E-state index in [2.05, 4.69) is 29.7 Å². The minimum atomic E-state index is -0.603. The van der Waals surface area contributed by atoms with Gasteiger partial charge in [0.05, 0.1) is 24.7 Å². The molecule has 5 aliphatic rings. The second-order valence-corrected chi connectivity index (χ2v) is 12.8. The molecule has 3 fully saturated rings. The minimum absolute atomic E-state index is 0.00579. The van der Waals surface area contributed by atoms with Gasteiger partial charge in [-0.2, -0.15) is 0 Å². The lowest BCUT2D eigenvalue weighted by atomic mass is 9.65. The van der Waals surface area contributed by atoms with E-state index >= 15 is 0 Å². The van der Waals surface area contributed by atoms with Crippen LogP contribution >= 0.6 is 0 Å². The fourth-order valence-corrected chi connectivity index (χ4v) is 6.79. The molecular weight excluding hydrogens is 499 g/mol. The largest absolute Gasteiger partial charge is 0.496 e. The van der Waals surface area contributed by atoms with Crippen LogP contribution in [-0.4, -0.2) is 43.9 Å². The third-order valence-corrected chi connectivity index (χ3v) is 9.75. The maximum atomic E-state index is 15.0. The van der Waals surface area contributed by atoms with E-state index in [4.69, 9.17) is 9.47 Å². The zero-order valence-electron chi connectivity index (χ0n) is 23.3. The van der Waals surface area contributed by atoms with Crippen LogP contribution in [0.3, 0.4) is 0 Å². The summed E-state index contributed by atoms with van der Waals surface area (Å²) in [4.78, 5) is 38.4. The maximum absolute atomic E-state index is 15.0. The highest BCUT2D eigenvalue weighted by Gasteiger charge is 2.46. The summed E-state index contributed by atoms with van der Waals surface area (Å²) >= 11 is 0. The van der Waals surface area contributed by atoms with Gasteiger partial charge >= 0.3 is 0 Å². The highest BCUT2D eigenvalue weighted by Crippen LogP contribution is 2.43. The molecule has 1 aromatic carbocycles. The van der Waals surface area contributed by atoms with Gasteiger partial charge in [0, 0.05) is 24.1 Å². The Balaban J connectivity index is 1.31. The molecule has 2 bridgehead atoms. The fourth-order valence-electron chi connectivity index (χ4n) is 6.79. The number of allylic oxidation sites excluding steroid dienone is 1. The van der Waals surface area contributed by atoms with Gasteiger partial charge in [0.2, 0.25) is 5.91 Å². The predicted molar refractivity (Wildman–Crippen MR) is 145 cm³/mol. The molecule has 0 radical (unpaired) electrons. The van der Waals surface area contributed by atoms with E-state index in [9.17, 15) is 18.8 Å². The van der Waals surface area contributed by atoms with Gasteiger partial charge in [-0.05, 0) is 74.7 Å². The van der Waals surface area contributed by atoms with Crippen LogP contribution in [0.4, 0.5) is 4.39 Å². The van der Waals surface area contributed by atoms with E-state index in [0.29, 0.717) is 32.2 Å². The van der Waals surface area contributed by atoms with E-state index in [1.54, 1.807) is 0 Å². The van der Waals surface area contributed by atoms with Crippen molar-refractivity contribution in [2.75, 3.05) is 13.7 Å². The number of benzene rings is 1. The molecule has 4 atom stereocenters. The van der Waals surface area contributed by atoms with Crippen molar-refractivity contribution < 1.29 is 28.2 Å². The number of amides is 2. The van der Waals surface area contributed by atoms with Crippen molar-refractivity contribution in [1.29, 1.82) is 0 Å². The number of hydrogen-bond donors (Lipinski definition) is 2. The van der Waals surface area contributed by atoms with Crippen LogP contribution < -0.4 is 20.1 Å². The van der Waals surface area contributed by atoms with Crippen LogP contribution in [-0.2, 0) is 9.59 Å². The predicted octanol–water partition coefficient (Wildman–Crippen LogP) is 4.98. The highest BCUT2D eigenvalue weighted by atomic mass is 19.1. The van der Waals surface area contributed by atoms with Gasteiger partial charge in [-0.15, -0.1) is 0 Å². The van der Waals surface area contributed by atoms with Gasteiger partial charge in [-0.1, -0.05) is 32.4 Å². The molecule has 0 spiro atoms. The lowest BCUT2D eigenvalue weighted by Gasteiger charge is -2.45. The molecule has 1 aromatic rings. The van der Waals surface area contributed by atoms with Crippen LogP contribution in [0.15, 0.2) is 24.3 Å². The standard InChI is InChI=1S/C31H41FN2O5/c1-30(11-4-12-30)17-33-29(37)26-19-5-7-20(8-6-19)27(26)34-28(36)22-15-25(23(32)16-24(22)38-3)39-21-9-13-31(2,18-35)14-10-21/h5,7,15-16,18-21,26-27H,4,6,8-14,17H2,1-3H3,(H,33,37)(H,34,36)/t19-,20+,21?,26-,27+,31?/m1/s1. The lowest BCUT2D eigenvalue weighted by Crippen LogP contribution is -2.57. The first-order chi connectivity index (χ1) is 18.6. The molecule has 6 rings (SSSR count). The molecule has 2 N–H and O–H groups in total. The second-order valence-electron chi connectivity index (χ2n) is 12.8. The van der Waals surface area contributed by atoms with Gasteiger partial charge < -0.3 is 24.9 Å². The fraction of sp³-hybridized carbons (Fsp3) is 0.645. The summed E-state index contributed by atoms with van der Waals surface area (Å²) in [5.41, 5.74) is -0.0238. The third-order valence-electron chi connectivity index (χ3n) is 9.75. The zero-order chi connectivity index (χ0) is 27.8. The van der Waals surface area contributed by atoms with E-state index < -0.39 is 11.7 Å². The van der Waals surface area contributed by atoms with Crippen molar-refractivity contribution in [3.05, 3.63) is 35.7 Å². The summed E-state index contributed by atoms with van der Waals surface area (Å²) in [6.07, 6.45) is 12.9. The summed E-state index contributed by atoms with van der Waals surface area (Å²) < 4.78 is 26.3. The van der Waals surface area contributed by atoms with Crippen LogP contribution in [0.2, 0.25) is 0 Å². The summed E-state index contributed by atoms with van der Waals surface area (Å²) in [6.45, 7) is 4.79. The molecular formula is C31H41FN2O5. The molecule has 212 valence electrons. The summed E-state index contributed by atoms with van der Waals surface area (Å²) in [5, 5.41) is 6.30. The number of carbonyl (C=O) groups is 3. The van der Waals surface area contributed by atoms with Crippen molar-refractivity contribution in [1.82, 2.24) is 10.6 Å². The average molecular weight is 541 g/mol. The highest BCUT2D eigenvalue weighted by molar-refractivity contribution is 5.98. The Kier molecular flexibility index (Phi) is 7.75. The average Bonchev–Trinajstić information content (AvgIpc) is 2.93.